The van der Waals surface area contributed by atoms with Crippen molar-refractivity contribution < 1.29 is 22.4 Å². The Bertz CT molecular complexity index is 882. The number of hydrogen-bond donors (Lipinski definition) is 1. The number of aromatic nitrogens is 1. The molecule has 0 unspecified atom stereocenters. The maximum absolute atomic E-state index is 12.9. The topological polar surface area (TPSA) is 90.7 Å². The third-order valence-electron chi connectivity index (χ3n) is 4.21. The molecule has 1 atom stereocenters. The maximum Gasteiger partial charge on any atom is 0.246 e. The monoisotopic (exact) mass is 366 g/mol. The van der Waals surface area contributed by atoms with Gasteiger partial charge in [0, 0.05) is 12.0 Å². The zero-order valence-electron chi connectivity index (χ0n) is 14.9. The molecule has 0 saturated heterocycles. The van der Waals surface area contributed by atoms with Gasteiger partial charge < -0.3 is 14.0 Å². The van der Waals surface area contributed by atoms with E-state index < -0.39 is 21.7 Å². The number of rotatable bonds is 4. The molecule has 1 aromatic heterocycles. The molecule has 2 heterocycles. The Morgan fingerprint density at radius 2 is 2.04 bits per heavy atom. The smallest absolute Gasteiger partial charge is 0.246 e. The van der Waals surface area contributed by atoms with Gasteiger partial charge in [0.15, 0.2) is 5.76 Å². The highest BCUT2D eigenvalue weighted by Gasteiger charge is 2.37. The Kier molecular flexibility index (Phi) is 4.28. The van der Waals surface area contributed by atoms with Crippen molar-refractivity contribution in [1.82, 2.24) is 9.88 Å². The number of aryl methyl sites for hydroxylation is 2. The van der Waals surface area contributed by atoms with Crippen molar-refractivity contribution in [2.24, 2.45) is 0 Å². The highest BCUT2D eigenvalue weighted by molar-refractivity contribution is 7.89. The van der Waals surface area contributed by atoms with E-state index in [2.05, 4.69) is 9.88 Å². The Hall–Kier alpha value is -2.06. The van der Waals surface area contributed by atoms with E-state index in [-0.39, 0.29) is 10.7 Å². The first-order valence-corrected chi connectivity index (χ1v) is 9.43. The van der Waals surface area contributed by atoms with Crippen molar-refractivity contribution in [1.29, 1.82) is 0 Å². The highest BCUT2D eigenvalue weighted by atomic mass is 32.2. The molecule has 2 aromatic rings. The van der Waals surface area contributed by atoms with Crippen LogP contribution in [0.3, 0.4) is 0 Å². The van der Waals surface area contributed by atoms with Gasteiger partial charge in [-0.05, 0) is 45.9 Å². The predicted molar refractivity (Wildman–Crippen MR) is 91.4 cm³/mol. The first-order chi connectivity index (χ1) is 11.6. The highest BCUT2D eigenvalue weighted by Crippen LogP contribution is 2.41. The molecule has 136 valence electrons. The second-order valence-corrected chi connectivity index (χ2v) is 8.45. The van der Waals surface area contributed by atoms with Crippen LogP contribution >= 0.6 is 0 Å². The van der Waals surface area contributed by atoms with E-state index in [1.807, 2.05) is 13.8 Å². The van der Waals surface area contributed by atoms with Gasteiger partial charge in [-0.15, -0.1) is 0 Å². The zero-order valence-corrected chi connectivity index (χ0v) is 15.7. The van der Waals surface area contributed by atoms with E-state index in [0.717, 1.165) is 5.56 Å². The SMILES string of the molecule is COc1ccc2c(c1)[C@H](NS(=O)(=O)c1c(C)noc1C)CC(C)(C)O2. The number of sulfonamides is 1. The minimum atomic E-state index is -3.79. The Labute approximate surface area is 147 Å². The summed E-state index contributed by atoms with van der Waals surface area (Å²) in [5.41, 5.74) is 0.573. The lowest BCUT2D eigenvalue weighted by molar-refractivity contribution is 0.0700. The summed E-state index contributed by atoms with van der Waals surface area (Å²) in [5, 5.41) is 3.74. The number of hydrogen-bond acceptors (Lipinski definition) is 6. The largest absolute Gasteiger partial charge is 0.497 e. The van der Waals surface area contributed by atoms with Crippen molar-refractivity contribution >= 4 is 10.0 Å². The molecule has 0 amide bonds. The van der Waals surface area contributed by atoms with Gasteiger partial charge >= 0.3 is 0 Å². The molecule has 1 aliphatic heterocycles. The molecule has 0 fully saturated rings. The summed E-state index contributed by atoms with van der Waals surface area (Å²) in [6.07, 6.45) is 0.482. The molecular weight excluding hydrogens is 344 g/mol. The Balaban J connectivity index is 2.02. The van der Waals surface area contributed by atoms with Gasteiger partial charge in [0.1, 0.15) is 27.7 Å². The Morgan fingerprint density at radius 3 is 2.64 bits per heavy atom. The van der Waals surface area contributed by atoms with Gasteiger partial charge in [0.2, 0.25) is 10.0 Å². The van der Waals surface area contributed by atoms with Crippen LogP contribution in [0.5, 0.6) is 11.5 Å². The number of ether oxygens (including phenoxy) is 2. The summed E-state index contributed by atoms with van der Waals surface area (Å²) in [5.74, 6) is 1.55. The summed E-state index contributed by atoms with van der Waals surface area (Å²) in [6.45, 7) is 7.05. The molecule has 25 heavy (non-hydrogen) atoms. The van der Waals surface area contributed by atoms with Gasteiger partial charge in [0.05, 0.1) is 13.2 Å². The van der Waals surface area contributed by atoms with Crippen LogP contribution in [-0.4, -0.2) is 26.3 Å². The van der Waals surface area contributed by atoms with E-state index in [0.29, 0.717) is 23.6 Å². The van der Waals surface area contributed by atoms with Crippen molar-refractivity contribution in [3.05, 3.63) is 35.2 Å². The molecule has 0 spiro atoms. The van der Waals surface area contributed by atoms with Crippen LogP contribution in [0.1, 0.15) is 43.3 Å². The van der Waals surface area contributed by atoms with Gasteiger partial charge in [0.25, 0.3) is 0 Å². The van der Waals surface area contributed by atoms with E-state index in [4.69, 9.17) is 14.0 Å². The van der Waals surface area contributed by atoms with Crippen LogP contribution in [-0.2, 0) is 10.0 Å². The van der Waals surface area contributed by atoms with Crippen molar-refractivity contribution in [3.8, 4) is 11.5 Å². The second-order valence-electron chi connectivity index (χ2n) is 6.80. The number of fused-ring (bicyclic) bond motifs is 1. The predicted octanol–water partition coefficient (Wildman–Crippen LogP) is 2.88. The fourth-order valence-electron chi connectivity index (χ4n) is 3.17. The minimum Gasteiger partial charge on any atom is -0.497 e. The summed E-state index contributed by atoms with van der Waals surface area (Å²) >= 11 is 0. The van der Waals surface area contributed by atoms with Crippen molar-refractivity contribution in [3.63, 3.8) is 0 Å². The standard InChI is InChI=1S/C17H22N2O5S/c1-10-16(11(2)24-18-10)25(20,21)19-14-9-17(3,4)23-15-7-6-12(22-5)8-13(14)15/h6-8,14,19H,9H2,1-5H3/t14-/m1/s1. The van der Waals surface area contributed by atoms with Crippen LogP contribution in [0.15, 0.2) is 27.6 Å². The van der Waals surface area contributed by atoms with E-state index >= 15 is 0 Å². The summed E-state index contributed by atoms with van der Waals surface area (Å²) < 4.78 is 44.8. The lowest BCUT2D eigenvalue weighted by Crippen LogP contribution is -2.41. The van der Waals surface area contributed by atoms with Crippen LogP contribution < -0.4 is 14.2 Å². The maximum atomic E-state index is 12.9. The number of benzene rings is 1. The van der Waals surface area contributed by atoms with Crippen LogP contribution in [0, 0.1) is 13.8 Å². The number of methoxy groups -OCH3 is 1. The molecule has 8 heteroatoms. The minimum absolute atomic E-state index is 0.0845. The summed E-state index contributed by atoms with van der Waals surface area (Å²) in [6, 6.07) is 4.94. The third-order valence-corrected chi connectivity index (χ3v) is 5.92. The van der Waals surface area contributed by atoms with Crippen molar-refractivity contribution in [2.75, 3.05) is 7.11 Å². The van der Waals surface area contributed by atoms with E-state index in [1.165, 1.54) is 0 Å². The average molecular weight is 366 g/mol. The summed E-state index contributed by atoms with van der Waals surface area (Å²) in [4.78, 5) is 0.0845. The first kappa shape index (κ1) is 17.8. The van der Waals surface area contributed by atoms with Crippen molar-refractivity contribution in [2.45, 2.75) is 50.7 Å². The van der Waals surface area contributed by atoms with Crippen LogP contribution in [0.4, 0.5) is 0 Å². The normalized spacial score (nSPS) is 19.2. The molecule has 0 radical (unpaired) electrons. The quantitative estimate of drug-likeness (QED) is 0.895. The molecule has 3 rings (SSSR count). The molecule has 0 saturated carbocycles. The molecule has 1 aliphatic rings. The van der Waals surface area contributed by atoms with E-state index in [1.54, 1.807) is 39.2 Å². The molecule has 0 bridgehead atoms. The second kappa shape index (κ2) is 6.03. The summed E-state index contributed by atoms with van der Waals surface area (Å²) in [7, 11) is -2.23. The molecular formula is C17H22N2O5S. The van der Waals surface area contributed by atoms with Crippen LogP contribution in [0.2, 0.25) is 0 Å². The molecule has 7 nitrogen and oxygen atoms in total. The van der Waals surface area contributed by atoms with E-state index in [9.17, 15) is 8.42 Å². The van der Waals surface area contributed by atoms with Crippen LogP contribution in [0.25, 0.3) is 0 Å². The van der Waals surface area contributed by atoms with Gasteiger partial charge in [-0.3, -0.25) is 0 Å². The molecule has 0 aliphatic carbocycles. The Morgan fingerprint density at radius 1 is 1.32 bits per heavy atom. The van der Waals surface area contributed by atoms with Gasteiger partial charge in [-0.2, -0.15) is 0 Å². The first-order valence-electron chi connectivity index (χ1n) is 7.95. The molecule has 1 N–H and O–H groups in total. The zero-order chi connectivity index (χ0) is 18.4. The number of nitrogens with one attached hydrogen (secondary N) is 1. The fraction of sp³-hybridized carbons (Fsp3) is 0.471. The third kappa shape index (κ3) is 3.36. The lowest BCUT2D eigenvalue weighted by atomic mass is 9.90. The average Bonchev–Trinajstić information content (AvgIpc) is 2.85. The fourth-order valence-corrected chi connectivity index (χ4v) is 4.71. The molecule has 1 aromatic carbocycles. The van der Waals surface area contributed by atoms with Gasteiger partial charge in [-0.25, -0.2) is 13.1 Å². The number of nitrogens with zero attached hydrogens (tertiary/aromatic N) is 1. The van der Waals surface area contributed by atoms with Gasteiger partial charge in [-0.1, -0.05) is 5.16 Å². The lowest BCUT2D eigenvalue weighted by Gasteiger charge is -2.37.